The summed E-state index contributed by atoms with van der Waals surface area (Å²) in [4.78, 5) is 0. The van der Waals surface area contributed by atoms with Gasteiger partial charge in [0.05, 0.1) is 6.04 Å². The molecule has 2 aromatic rings. The summed E-state index contributed by atoms with van der Waals surface area (Å²) in [6.45, 7) is 2.03. The fourth-order valence-corrected chi connectivity index (χ4v) is 3.66. The van der Waals surface area contributed by atoms with Crippen LogP contribution in [0.5, 0.6) is 0 Å². The van der Waals surface area contributed by atoms with Crippen molar-refractivity contribution in [2.24, 2.45) is 0 Å². The van der Waals surface area contributed by atoms with Gasteiger partial charge in [-0.2, -0.15) is 11.3 Å². The van der Waals surface area contributed by atoms with Gasteiger partial charge < -0.3 is 5.32 Å². The zero-order valence-electron chi connectivity index (χ0n) is 9.63. The van der Waals surface area contributed by atoms with E-state index in [2.05, 4.69) is 38.1 Å². The van der Waals surface area contributed by atoms with Crippen LogP contribution in [-0.2, 0) is 0 Å². The largest absolute Gasteiger partial charge is 0.309 e. The van der Waals surface area contributed by atoms with Crippen molar-refractivity contribution in [1.29, 1.82) is 0 Å². The zero-order chi connectivity index (χ0) is 12.4. The van der Waals surface area contributed by atoms with E-state index in [1.807, 2.05) is 26.1 Å². The minimum absolute atomic E-state index is 0.128. The third-order valence-corrected chi connectivity index (χ3v) is 5.04. The topological polar surface area (TPSA) is 12.0 Å². The van der Waals surface area contributed by atoms with Gasteiger partial charge in [-0.25, -0.2) is 0 Å². The minimum Gasteiger partial charge on any atom is -0.309 e. The number of benzene rings is 1. The monoisotopic (exact) mass is 329 g/mol. The maximum atomic E-state index is 6.38. The second-order valence-electron chi connectivity index (χ2n) is 3.87. The van der Waals surface area contributed by atoms with E-state index in [4.69, 9.17) is 11.6 Å². The number of aryl methyl sites for hydroxylation is 1. The van der Waals surface area contributed by atoms with Crippen LogP contribution < -0.4 is 5.32 Å². The molecule has 1 N–H and O–H groups in total. The Bertz CT molecular complexity index is 524. The summed E-state index contributed by atoms with van der Waals surface area (Å²) in [5, 5.41) is 8.39. The lowest BCUT2D eigenvalue weighted by atomic mass is 9.99. The van der Waals surface area contributed by atoms with Gasteiger partial charge in [0.2, 0.25) is 0 Å². The lowest BCUT2D eigenvalue weighted by Gasteiger charge is -2.18. The van der Waals surface area contributed by atoms with Crippen LogP contribution >= 0.6 is 38.9 Å². The molecule has 0 bridgehead atoms. The van der Waals surface area contributed by atoms with E-state index in [0.29, 0.717) is 0 Å². The van der Waals surface area contributed by atoms with Crippen LogP contribution in [0.4, 0.5) is 0 Å². The zero-order valence-corrected chi connectivity index (χ0v) is 12.8. The summed E-state index contributed by atoms with van der Waals surface area (Å²) in [7, 11) is 1.95. The molecule has 2 rings (SSSR count). The molecule has 0 aliphatic heterocycles. The highest BCUT2D eigenvalue weighted by Gasteiger charge is 2.18. The van der Waals surface area contributed by atoms with Crippen LogP contribution in [0.15, 0.2) is 33.4 Å². The predicted molar refractivity (Wildman–Crippen MR) is 79.1 cm³/mol. The number of halogens is 2. The Balaban J connectivity index is 2.50. The van der Waals surface area contributed by atoms with Crippen molar-refractivity contribution in [3.05, 3.63) is 55.1 Å². The average Bonchev–Trinajstić information content (AvgIpc) is 2.72. The highest BCUT2D eigenvalue weighted by Crippen LogP contribution is 2.35. The SMILES string of the molecule is CNC(c1cscc1Br)c1cccc(C)c1Cl. The molecule has 4 heteroatoms. The molecule has 1 unspecified atom stereocenters. The Kier molecular flexibility index (Phi) is 4.26. The summed E-state index contributed by atoms with van der Waals surface area (Å²) in [5.41, 5.74) is 3.45. The molecule has 0 fully saturated rings. The van der Waals surface area contributed by atoms with Crippen molar-refractivity contribution in [3.8, 4) is 0 Å². The maximum Gasteiger partial charge on any atom is 0.0608 e. The highest BCUT2D eigenvalue weighted by molar-refractivity contribution is 9.10. The van der Waals surface area contributed by atoms with Crippen molar-refractivity contribution < 1.29 is 0 Å². The summed E-state index contributed by atoms with van der Waals surface area (Å²) >= 11 is 11.6. The lowest BCUT2D eigenvalue weighted by molar-refractivity contribution is 0.691. The number of thiophene rings is 1. The number of hydrogen-bond acceptors (Lipinski definition) is 2. The molecule has 1 heterocycles. The number of nitrogens with one attached hydrogen (secondary N) is 1. The van der Waals surface area contributed by atoms with Crippen LogP contribution in [0.2, 0.25) is 5.02 Å². The number of rotatable bonds is 3. The Labute approximate surface area is 119 Å². The highest BCUT2D eigenvalue weighted by atomic mass is 79.9. The van der Waals surface area contributed by atoms with Crippen LogP contribution in [0.3, 0.4) is 0 Å². The third kappa shape index (κ3) is 2.58. The van der Waals surface area contributed by atoms with E-state index in [-0.39, 0.29) is 6.04 Å². The fourth-order valence-electron chi connectivity index (χ4n) is 1.87. The van der Waals surface area contributed by atoms with E-state index >= 15 is 0 Å². The molecule has 1 nitrogen and oxygen atoms in total. The molecule has 17 heavy (non-hydrogen) atoms. The normalized spacial score (nSPS) is 12.7. The van der Waals surface area contributed by atoms with Crippen LogP contribution in [-0.4, -0.2) is 7.05 Å². The molecule has 0 amide bonds. The predicted octanol–water partition coefficient (Wildman–Crippen LogP) is 4.78. The molecule has 1 aromatic carbocycles. The molecule has 1 atom stereocenters. The second kappa shape index (κ2) is 5.53. The van der Waals surface area contributed by atoms with Gasteiger partial charge in [-0.15, -0.1) is 0 Å². The Hall–Kier alpha value is -0.350. The summed E-state index contributed by atoms with van der Waals surface area (Å²) < 4.78 is 1.12. The van der Waals surface area contributed by atoms with Gasteiger partial charge in [-0.1, -0.05) is 29.8 Å². The first-order valence-corrected chi connectivity index (χ1v) is 7.40. The van der Waals surface area contributed by atoms with E-state index < -0.39 is 0 Å². The van der Waals surface area contributed by atoms with Gasteiger partial charge >= 0.3 is 0 Å². The average molecular weight is 331 g/mol. The lowest BCUT2D eigenvalue weighted by Crippen LogP contribution is -2.18. The van der Waals surface area contributed by atoms with Gasteiger partial charge in [0.15, 0.2) is 0 Å². The fraction of sp³-hybridized carbons (Fsp3) is 0.231. The smallest absolute Gasteiger partial charge is 0.0608 e. The Morgan fingerprint density at radius 2 is 2.06 bits per heavy atom. The first-order valence-electron chi connectivity index (χ1n) is 5.29. The molecule has 90 valence electrons. The quantitative estimate of drug-likeness (QED) is 0.854. The van der Waals surface area contributed by atoms with Gasteiger partial charge in [-0.05, 0) is 52.0 Å². The van der Waals surface area contributed by atoms with Crippen molar-refractivity contribution in [1.82, 2.24) is 5.32 Å². The number of hydrogen-bond donors (Lipinski definition) is 1. The molecule has 0 saturated heterocycles. The van der Waals surface area contributed by atoms with Crippen LogP contribution in [0.1, 0.15) is 22.7 Å². The van der Waals surface area contributed by atoms with Gasteiger partial charge in [0.25, 0.3) is 0 Å². The standard InChI is InChI=1S/C13H13BrClNS/c1-8-4-3-5-9(12(8)15)13(16-2)10-6-17-7-11(10)14/h3-7,13,16H,1-2H3. The summed E-state index contributed by atoms with van der Waals surface area (Å²) in [6.07, 6.45) is 0. The van der Waals surface area contributed by atoms with Gasteiger partial charge in [0, 0.05) is 14.9 Å². The molecular weight excluding hydrogens is 318 g/mol. The Morgan fingerprint density at radius 1 is 1.29 bits per heavy atom. The van der Waals surface area contributed by atoms with Crippen molar-refractivity contribution in [2.75, 3.05) is 7.05 Å². The maximum absolute atomic E-state index is 6.38. The van der Waals surface area contributed by atoms with E-state index in [1.54, 1.807) is 11.3 Å². The third-order valence-electron chi connectivity index (χ3n) is 2.77. The summed E-state index contributed by atoms with van der Waals surface area (Å²) in [6, 6.07) is 6.27. The van der Waals surface area contributed by atoms with Crippen LogP contribution in [0.25, 0.3) is 0 Å². The molecule has 0 saturated carbocycles. The first-order chi connectivity index (χ1) is 8.15. The second-order valence-corrected chi connectivity index (χ2v) is 5.85. The van der Waals surface area contributed by atoms with E-state index in [9.17, 15) is 0 Å². The van der Waals surface area contributed by atoms with E-state index in [1.165, 1.54) is 5.56 Å². The molecular formula is C13H13BrClNS. The van der Waals surface area contributed by atoms with Gasteiger partial charge in [-0.3, -0.25) is 0 Å². The van der Waals surface area contributed by atoms with E-state index in [0.717, 1.165) is 20.6 Å². The van der Waals surface area contributed by atoms with Crippen molar-refractivity contribution in [3.63, 3.8) is 0 Å². The molecule has 0 radical (unpaired) electrons. The first kappa shape index (κ1) is 13.1. The minimum atomic E-state index is 0.128. The van der Waals surface area contributed by atoms with Gasteiger partial charge in [0.1, 0.15) is 0 Å². The Morgan fingerprint density at radius 3 is 2.65 bits per heavy atom. The van der Waals surface area contributed by atoms with Crippen molar-refractivity contribution in [2.45, 2.75) is 13.0 Å². The summed E-state index contributed by atoms with van der Waals surface area (Å²) in [5.74, 6) is 0. The molecule has 0 aliphatic rings. The molecule has 1 aromatic heterocycles. The molecule has 0 aliphatic carbocycles. The van der Waals surface area contributed by atoms with Crippen molar-refractivity contribution >= 4 is 38.9 Å². The van der Waals surface area contributed by atoms with Crippen LogP contribution in [0, 0.1) is 6.92 Å². The molecule has 0 spiro atoms.